The minimum absolute atomic E-state index is 1.15. The van der Waals surface area contributed by atoms with Crippen molar-refractivity contribution in [1.29, 1.82) is 0 Å². The fourth-order valence-corrected chi connectivity index (χ4v) is 1.19. The largest absolute Gasteiger partial charge is 0.351 e. The van der Waals surface area contributed by atoms with E-state index in [1.807, 2.05) is 7.05 Å². The van der Waals surface area contributed by atoms with Crippen LogP contribution in [0.3, 0.4) is 0 Å². The highest BCUT2D eigenvalue weighted by Gasteiger charge is 1.96. The van der Waals surface area contributed by atoms with E-state index < -0.39 is 0 Å². The molecule has 0 aromatic carbocycles. The summed E-state index contributed by atoms with van der Waals surface area (Å²) in [5.74, 6) is 0. The van der Waals surface area contributed by atoms with Gasteiger partial charge in [-0.15, -0.1) is 0 Å². The average Bonchev–Trinajstić information content (AvgIpc) is 2.88. The highest BCUT2D eigenvalue weighted by molar-refractivity contribution is 4.65. The number of nitrogens with zero attached hydrogens (tertiary/aromatic N) is 3. The zero-order valence-electron chi connectivity index (χ0n) is 9.43. The quantitative estimate of drug-likeness (QED) is 0.761. The van der Waals surface area contributed by atoms with Crippen LogP contribution in [0, 0.1) is 0 Å². The number of H-pyrrole nitrogens is 1. The predicted molar refractivity (Wildman–Crippen MR) is 59.1 cm³/mol. The molecule has 0 amide bonds. The molecular weight excluding hydrogens is 188 g/mol. The van der Waals surface area contributed by atoms with E-state index in [-0.39, 0.29) is 0 Å². The molecule has 0 radical (unpaired) electrons. The predicted octanol–water partition coefficient (Wildman–Crippen LogP) is 1.52. The molecule has 0 aliphatic rings. The SMILES string of the molecule is CCCCn1cc[n+](C)c1.c1c[nH]cn1. The molecule has 0 fully saturated rings. The molecule has 2 heterocycles. The maximum Gasteiger partial charge on any atom is 0.243 e. The second-order valence-electron chi connectivity index (χ2n) is 3.43. The number of aromatic amines is 1. The van der Waals surface area contributed by atoms with Crippen molar-refractivity contribution < 1.29 is 4.57 Å². The van der Waals surface area contributed by atoms with Gasteiger partial charge in [0, 0.05) is 12.4 Å². The molecule has 0 atom stereocenters. The molecule has 15 heavy (non-hydrogen) atoms. The fraction of sp³-hybridized carbons (Fsp3) is 0.455. The lowest BCUT2D eigenvalue weighted by Gasteiger charge is -1.90. The van der Waals surface area contributed by atoms with Crippen LogP contribution in [-0.4, -0.2) is 14.5 Å². The maximum absolute atomic E-state index is 3.67. The standard InChI is InChI=1S/C8H15N2.C3H4N2/c1-3-4-5-10-7-6-9(2)8-10;1-2-5-3-4-1/h6-8H,3-5H2,1-2H3;1-3H,(H,4,5)/q+1;. The molecule has 2 aromatic rings. The molecule has 4 nitrogen and oxygen atoms in total. The van der Waals surface area contributed by atoms with E-state index >= 15 is 0 Å². The number of rotatable bonds is 3. The van der Waals surface area contributed by atoms with Crippen LogP contribution in [0.5, 0.6) is 0 Å². The highest BCUT2D eigenvalue weighted by Crippen LogP contribution is 1.91. The molecule has 0 saturated heterocycles. The van der Waals surface area contributed by atoms with Crippen LogP contribution >= 0.6 is 0 Å². The van der Waals surface area contributed by atoms with Crippen LogP contribution < -0.4 is 4.57 Å². The van der Waals surface area contributed by atoms with E-state index in [9.17, 15) is 0 Å². The molecule has 2 rings (SSSR count). The number of hydrogen-bond donors (Lipinski definition) is 1. The lowest BCUT2D eigenvalue weighted by Crippen LogP contribution is -2.23. The molecule has 0 unspecified atom stereocenters. The number of imidazole rings is 2. The average molecular weight is 207 g/mol. The molecule has 2 aromatic heterocycles. The molecule has 82 valence electrons. The Labute approximate surface area is 90.6 Å². The second kappa shape index (κ2) is 6.81. The minimum atomic E-state index is 1.15. The van der Waals surface area contributed by atoms with Crippen molar-refractivity contribution in [3.63, 3.8) is 0 Å². The summed E-state index contributed by atoms with van der Waals surface area (Å²) in [6.45, 7) is 3.36. The van der Waals surface area contributed by atoms with Crippen molar-refractivity contribution in [3.05, 3.63) is 37.4 Å². The first-order chi connectivity index (χ1) is 7.33. The van der Waals surface area contributed by atoms with Gasteiger partial charge < -0.3 is 4.98 Å². The lowest BCUT2D eigenvalue weighted by molar-refractivity contribution is -0.671. The lowest BCUT2D eigenvalue weighted by atomic mass is 10.3. The monoisotopic (exact) mass is 207 g/mol. The van der Waals surface area contributed by atoms with Crippen molar-refractivity contribution in [2.24, 2.45) is 7.05 Å². The number of nitrogens with one attached hydrogen (secondary N) is 1. The van der Waals surface area contributed by atoms with Crippen LogP contribution in [0.1, 0.15) is 19.8 Å². The van der Waals surface area contributed by atoms with Crippen LogP contribution in [0.2, 0.25) is 0 Å². The summed E-state index contributed by atoms with van der Waals surface area (Å²) >= 11 is 0. The first-order valence-electron chi connectivity index (χ1n) is 5.26. The first-order valence-corrected chi connectivity index (χ1v) is 5.26. The Morgan fingerprint density at radius 1 is 1.47 bits per heavy atom. The maximum atomic E-state index is 3.67. The Morgan fingerprint density at radius 2 is 2.33 bits per heavy atom. The van der Waals surface area contributed by atoms with Gasteiger partial charge in [0.25, 0.3) is 0 Å². The number of aryl methyl sites for hydroxylation is 2. The fourth-order valence-electron chi connectivity index (χ4n) is 1.19. The minimum Gasteiger partial charge on any atom is -0.351 e. The molecule has 0 bridgehead atoms. The van der Waals surface area contributed by atoms with Gasteiger partial charge in [-0.25, -0.2) is 14.1 Å². The van der Waals surface area contributed by atoms with E-state index in [1.54, 1.807) is 18.7 Å². The van der Waals surface area contributed by atoms with Crippen molar-refractivity contribution in [1.82, 2.24) is 14.5 Å². The Balaban J connectivity index is 0.000000187. The van der Waals surface area contributed by atoms with Crippen molar-refractivity contribution in [3.8, 4) is 0 Å². The molecule has 0 aliphatic carbocycles. The molecule has 1 N–H and O–H groups in total. The van der Waals surface area contributed by atoms with Gasteiger partial charge in [0.05, 0.1) is 19.9 Å². The zero-order valence-corrected chi connectivity index (χ0v) is 9.43. The van der Waals surface area contributed by atoms with Crippen molar-refractivity contribution >= 4 is 0 Å². The Hall–Kier alpha value is -1.58. The number of unbranched alkanes of at least 4 members (excludes halogenated alkanes) is 1. The van der Waals surface area contributed by atoms with Crippen LogP contribution in [0.4, 0.5) is 0 Å². The Bertz CT molecular complexity index is 320. The second-order valence-corrected chi connectivity index (χ2v) is 3.43. The molecule has 0 saturated carbocycles. The van der Waals surface area contributed by atoms with Crippen LogP contribution in [0.15, 0.2) is 37.4 Å². The Morgan fingerprint density at radius 3 is 2.73 bits per heavy atom. The first kappa shape index (κ1) is 11.5. The van der Waals surface area contributed by atoms with E-state index in [1.165, 1.54) is 12.8 Å². The third-order valence-corrected chi connectivity index (χ3v) is 2.00. The summed E-state index contributed by atoms with van der Waals surface area (Å²) in [5.41, 5.74) is 0. The number of aromatic nitrogens is 4. The van der Waals surface area contributed by atoms with Crippen LogP contribution in [-0.2, 0) is 13.6 Å². The molecule has 0 spiro atoms. The molecular formula is C11H19N4+. The highest BCUT2D eigenvalue weighted by atomic mass is 15.1. The normalized spacial score (nSPS) is 9.47. The summed E-state index contributed by atoms with van der Waals surface area (Å²) in [6.07, 6.45) is 13.9. The van der Waals surface area contributed by atoms with E-state index in [0.717, 1.165) is 6.54 Å². The summed E-state index contributed by atoms with van der Waals surface area (Å²) < 4.78 is 4.28. The number of hydrogen-bond acceptors (Lipinski definition) is 1. The van der Waals surface area contributed by atoms with Crippen LogP contribution in [0.25, 0.3) is 0 Å². The van der Waals surface area contributed by atoms with Gasteiger partial charge in [-0.05, 0) is 6.42 Å². The molecule has 4 heteroatoms. The van der Waals surface area contributed by atoms with Crippen molar-refractivity contribution in [2.75, 3.05) is 0 Å². The van der Waals surface area contributed by atoms with E-state index in [0.29, 0.717) is 0 Å². The molecule has 0 aliphatic heterocycles. The van der Waals surface area contributed by atoms with Gasteiger partial charge in [0.15, 0.2) is 0 Å². The smallest absolute Gasteiger partial charge is 0.243 e. The summed E-state index contributed by atoms with van der Waals surface area (Å²) in [5, 5.41) is 0. The topological polar surface area (TPSA) is 37.5 Å². The summed E-state index contributed by atoms with van der Waals surface area (Å²) in [4.78, 5) is 6.42. The van der Waals surface area contributed by atoms with Gasteiger partial charge in [-0.2, -0.15) is 0 Å². The van der Waals surface area contributed by atoms with Crippen molar-refractivity contribution in [2.45, 2.75) is 26.3 Å². The third kappa shape index (κ3) is 5.00. The summed E-state index contributed by atoms with van der Waals surface area (Å²) in [7, 11) is 2.04. The van der Waals surface area contributed by atoms with E-state index in [2.05, 4.69) is 44.7 Å². The van der Waals surface area contributed by atoms with Gasteiger partial charge in [-0.3, -0.25) is 0 Å². The zero-order chi connectivity index (χ0) is 10.9. The summed E-state index contributed by atoms with van der Waals surface area (Å²) in [6, 6.07) is 0. The Kier molecular flexibility index (Phi) is 5.22. The van der Waals surface area contributed by atoms with Gasteiger partial charge in [-0.1, -0.05) is 13.3 Å². The van der Waals surface area contributed by atoms with Gasteiger partial charge in [0.1, 0.15) is 12.4 Å². The van der Waals surface area contributed by atoms with E-state index in [4.69, 9.17) is 0 Å². The third-order valence-electron chi connectivity index (χ3n) is 2.00. The van der Waals surface area contributed by atoms with Gasteiger partial charge in [0.2, 0.25) is 6.33 Å². The van der Waals surface area contributed by atoms with Gasteiger partial charge >= 0.3 is 0 Å².